The Kier molecular flexibility index (Phi) is 11.5. The van der Waals surface area contributed by atoms with Crippen molar-refractivity contribution in [1.82, 2.24) is 19.1 Å². The van der Waals surface area contributed by atoms with Crippen molar-refractivity contribution in [1.29, 1.82) is 0 Å². The maximum absolute atomic E-state index is 14.5. The minimum atomic E-state index is -4.37. The van der Waals surface area contributed by atoms with E-state index >= 15 is 0 Å². The quantitative estimate of drug-likeness (QED) is 0.189. The SMILES string of the molecule is Cc1cn([C@H]2C[C@@H](OP(=O)(OC[C@@H]3O[C@H](Cn4ccc(N)nc4=O)CS3)Oc3ccccc3)[C@@H](CO[Si](C)(C)C(C)(C)C)O2)c(=O)[nH]c1=O. The summed E-state index contributed by atoms with van der Waals surface area (Å²) in [6.07, 6.45) is 0.230. The van der Waals surface area contributed by atoms with E-state index < -0.39 is 57.0 Å². The molecule has 0 bridgehead atoms. The first-order valence-electron chi connectivity index (χ1n) is 15.9. The summed E-state index contributed by atoms with van der Waals surface area (Å²) in [5, 5.41) is -0.0991. The third-order valence-electron chi connectivity index (χ3n) is 8.75. The van der Waals surface area contributed by atoms with Crippen LogP contribution in [-0.2, 0) is 34.1 Å². The number of para-hydroxylation sites is 1. The highest BCUT2D eigenvalue weighted by Crippen LogP contribution is 2.54. The Balaban J connectivity index is 1.35. The summed E-state index contributed by atoms with van der Waals surface area (Å²) in [6.45, 7) is 12.3. The highest BCUT2D eigenvalue weighted by atomic mass is 32.2. The van der Waals surface area contributed by atoms with E-state index in [1.54, 1.807) is 43.5 Å². The van der Waals surface area contributed by atoms with E-state index in [-0.39, 0.29) is 48.9 Å². The lowest BCUT2D eigenvalue weighted by atomic mass is 10.2. The van der Waals surface area contributed by atoms with Crippen LogP contribution in [0.15, 0.2) is 63.2 Å². The molecule has 2 saturated heterocycles. The number of aromatic amines is 1. The normalized spacial score (nSPS) is 24.2. The number of H-pyrrole nitrogens is 1. The molecule has 1 aromatic carbocycles. The van der Waals surface area contributed by atoms with Crippen molar-refractivity contribution in [3.8, 4) is 5.75 Å². The van der Waals surface area contributed by atoms with Crippen LogP contribution >= 0.6 is 19.6 Å². The molecular weight excluding hydrogens is 693 g/mol. The Labute approximate surface area is 289 Å². The van der Waals surface area contributed by atoms with E-state index in [4.69, 9.17) is 33.2 Å². The van der Waals surface area contributed by atoms with Crippen LogP contribution in [0.4, 0.5) is 5.82 Å². The molecule has 0 aliphatic carbocycles. The van der Waals surface area contributed by atoms with Gasteiger partial charge in [0.25, 0.3) is 5.56 Å². The van der Waals surface area contributed by atoms with Gasteiger partial charge in [-0.2, -0.15) is 4.98 Å². The van der Waals surface area contributed by atoms with E-state index in [0.29, 0.717) is 11.3 Å². The molecule has 2 aromatic heterocycles. The number of ether oxygens (including phenoxy) is 2. The van der Waals surface area contributed by atoms with Crippen molar-refractivity contribution < 1.29 is 32.0 Å². The summed E-state index contributed by atoms with van der Waals surface area (Å²) in [4.78, 5) is 43.1. The molecule has 0 amide bonds. The van der Waals surface area contributed by atoms with Gasteiger partial charge in [-0.15, -0.1) is 11.8 Å². The van der Waals surface area contributed by atoms with Crippen LogP contribution in [0.2, 0.25) is 18.1 Å². The van der Waals surface area contributed by atoms with E-state index in [1.165, 1.54) is 33.2 Å². The number of aromatic nitrogens is 4. The van der Waals surface area contributed by atoms with E-state index in [2.05, 4.69) is 43.8 Å². The number of hydrogen-bond donors (Lipinski definition) is 2. The number of nitrogen functional groups attached to an aromatic ring is 1. The molecule has 0 spiro atoms. The average molecular weight is 738 g/mol. The van der Waals surface area contributed by atoms with Crippen LogP contribution in [0.5, 0.6) is 5.75 Å². The van der Waals surface area contributed by atoms with Crippen LogP contribution in [0.3, 0.4) is 0 Å². The lowest BCUT2D eigenvalue weighted by Gasteiger charge is -2.37. The molecule has 0 saturated carbocycles. The number of phosphoric ester groups is 1. The van der Waals surface area contributed by atoms with Gasteiger partial charge in [-0.1, -0.05) is 39.0 Å². The minimum absolute atomic E-state index is 0.0869. The van der Waals surface area contributed by atoms with Gasteiger partial charge in [-0.25, -0.2) is 14.2 Å². The van der Waals surface area contributed by atoms with Gasteiger partial charge >= 0.3 is 19.2 Å². The highest BCUT2D eigenvalue weighted by Gasteiger charge is 2.46. The fraction of sp³-hybridized carbons (Fsp3) is 0.548. The Morgan fingerprint density at radius 3 is 2.55 bits per heavy atom. The predicted molar refractivity (Wildman–Crippen MR) is 187 cm³/mol. The van der Waals surface area contributed by atoms with Crippen molar-refractivity contribution in [3.63, 3.8) is 0 Å². The fourth-order valence-corrected chi connectivity index (χ4v) is 8.47. The molecule has 18 heteroatoms. The Hall–Kier alpha value is -3.02. The molecule has 2 aliphatic rings. The Bertz CT molecular complexity index is 1830. The summed E-state index contributed by atoms with van der Waals surface area (Å²) in [6, 6.07) is 10.0. The number of nitrogens with one attached hydrogen (secondary N) is 1. The number of aryl methyl sites for hydroxylation is 1. The molecule has 2 fully saturated rings. The van der Waals surface area contributed by atoms with E-state index in [9.17, 15) is 18.9 Å². The van der Waals surface area contributed by atoms with Gasteiger partial charge in [-0.05, 0) is 43.3 Å². The second kappa shape index (κ2) is 15.1. The van der Waals surface area contributed by atoms with Gasteiger partial charge in [0, 0.05) is 30.1 Å². The molecule has 3 aromatic rings. The fourth-order valence-electron chi connectivity index (χ4n) is 4.94. The number of phosphoric acid groups is 1. The Morgan fingerprint density at radius 1 is 1.12 bits per heavy atom. The lowest BCUT2D eigenvalue weighted by Crippen LogP contribution is -2.44. The largest absolute Gasteiger partial charge is 0.530 e. The van der Waals surface area contributed by atoms with Crippen molar-refractivity contribution >= 4 is 33.7 Å². The topological polar surface area (TPSA) is 188 Å². The number of anilines is 1. The number of nitrogens with zero attached hydrogens (tertiary/aromatic N) is 3. The monoisotopic (exact) mass is 737 g/mol. The first kappa shape index (κ1) is 37.2. The molecular formula is C31H44N5O10PSSi. The number of nitrogens with two attached hydrogens (primary N) is 1. The first-order chi connectivity index (χ1) is 23.0. The number of benzene rings is 1. The molecule has 3 N–H and O–H groups in total. The van der Waals surface area contributed by atoms with Crippen molar-refractivity contribution in [2.24, 2.45) is 0 Å². The van der Waals surface area contributed by atoms with Crippen LogP contribution in [-0.4, -0.2) is 70.1 Å². The van der Waals surface area contributed by atoms with Crippen LogP contribution in [0.1, 0.15) is 39.0 Å². The van der Waals surface area contributed by atoms with E-state index in [0.717, 1.165) is 0 Å². The molecule has 4 heterocycles. The average Bonchev–Trinajstić information content (AvgIpc) is 3.64. The van der Waals surface area contributed by atoms with Gasteiger partial charge in [0.15, 0.2) is 8.32 Å². The zero-order valence-electron chi connectivity index (χ0n) is 28.4. The second-order valence-corrected chi connectivity index (χ2v) is 21.1. The minimum Gasteiger partial charge on any atom is -0.414 e. The highest BCUT2D eigenvalue weighted by molar-refractivity contribution is 8.00. The van der Waals surface area contributed by atoms with Gasteiger partial charge in [0.2, 0.25) is 0 Å². The zero-order chi connectivity index (χ0) is 35.6. The zero-order valence-corrected chi connectivity index (χ0v) is 31.1. The summed E-state index contributed by atoms with van der Waals surface area (Å²) < 4.78 is 54.1. The summed E-state index contributed by atoms with van der Waals surface area (Å²) in [5.74, 6) is 0.946. The number of thioether (sulfide) groups is 1. The molecule has 6 atom stereocenters. The van der Waals surface area contributed by atoms with Crippen LogP contribution in [0.25, 0.3) is 0 Å². The molecule has 15 nitrogen and oxygen atoms in total. The standard InChI is InChI=1S/C31H44N5O10PSSi/c1-20-15-36(30(39)34-28(20)37)26-14-23(24(44-26)17-42-49(5,6)31(2,3)4)46-47(40,45-21-10-8-7-9-11-21)41-18-27-43-22(19-48-27)16-35-13-12-25(32)33-29(35)38/h7-13,15,22-24,26-27H,14,16-19H2,1-6H3,(H2,32,33,38)(H,34,37,39)/t22-,23-,24-,26-,27-,47?/m1/s1. The van der Waals surface area contributed by atoms with Gasteiger partial charge in [-0.3, -0.25) is 28.0 Å². The van der Waals surface area contributed by atoms with Gasteiger partial charge in [0.1, 0.15) is 35.4 Å². The molecule has 268 valence electrons. The Morgan fingerprint density at radius 2 is 1.86 bits per heavy atom. The first-order valence-corrected chi connectivity index (χ1v) is 21.3. The molecule has 5 rings (SSSR count). The number of rotatable bonds is 13. The van der Waals surface area contributed by atoms with Crippen molar-refractivity contribution in [2.45, 2.75) is 88.8 Å². The van der Waals surface area contributed by atoms with Crippen LogP contribution < -0.4 is 27.2 Å². The number of hydrogen-bond acceptors (Lipinski definition) is 13. The van der Waals surface area contributed by atoms with E-state index in [1.807, 2.05) is 0 Å². The third kappa shape index (κ3) is 9.41. The molecule has 1 unspecified atom stereocenters. The molecule has 0 radical (unpaired) electrons. The van der Waals surface area contributed by atoms with Gasteiger partial charge < -0.3 is 24.2 Å². The maximum atomic E-state index is 14.5. The van der Waals surface area contributed by atoms with Crippen molar-refractivity contribution in [3.05, 3.63) is 85.7 Å². The molecule has 2 aliphatic heterocycles. The van der Waals surface area contributed by atoms with Crippen molar-refractivity contribution in [2.75, 3.05) is 24.7 Å². The predicted octanol–water partition coefficient (Wildman–Crippen LogP) is 4.04. The molecule has 49 heavy (non-hydrogen) atoms. The van der Waals surface area contributed by atoms with Gasteiger partial charge in [0.05, 0.1) is 25.9 Å². The second-order valence-electron chi connectivity index (χ2n) is 13.5. The summed E-state index contributed by atoms with van der Waals surface area (Å²) in [7, 11) is -6.62. The smallest absolute Gasteiger partial charge is 0.414 e. The summed E-state index contributed by atoms with van der Waals surface area (Å²) >= 11 is 1.44. The van der Waals surface area contributed by atoms with Crippen LogP contribution in [0, 0.1) is 6.92 Å². The third-order valence-corrected chi connectivity index (χ3v) is 15.9. The summed E-state index contributed by atoms with van der Waals surface area (Å²) in [5.41, 5.74) is 3.77. The maximum Gasteiger partial charge on any atom is 0.530 e. The lowest BCUT2D eigenvalue weighted by molar-refractivity contribution is -0.0447.